The number of nitrogens with one attached hydrogen (secondary N) is 1. The van der Waals surface area contributed by atoms with Crippen LogP contribution in [0.15, 0.2) is 0 Å². The van der Waals surface area contributed by atoms with Crippen LogP contribution in [0.25, 0.3) is 0 Å². The van der Waals surface area contributed by atoms with Crippen LogP contribution in [0.1, 0.15) is 34.1 Å². The summed E-state index contributed by atoms with van der Waals surface area (Å²) in [6.45, 7) is 9.92. The second-order valence-corrected chi connectivity index (χ2v) is 5.00. The normalized spacial score (nSPS) is 16.0. The molecule has 3 heteroatoms. The predicted octanol–water partition coefficient (Wildman–Crippen LogP) is 1.65. The molecule has 0 aromatic rings. The molecule has 0 aromatic carbocycles. The number of ether oxygens (including phenoxy) is 1. The van der Waals surface area contributed by atoms with Crippen molar-refractivity contribution >= 4 is 0 Å². The summed E-state index contributed by atoms with van der Waals surface area (Å²) in [6.07, 6.45) is 0.605. The van der Waals surface area contributed by atoms with E-state index < -0.39 is 0 Å². The molecule has 0 rings (SSSR count). The average Bonchev–Trinajstić information content (AvgIpc) is 2.10. The van der Waals surface area contributed by atoms with Gasteiger partial charge in [-0.25, -0.2) is 0 Å². The number of hydrogen-bond donors (Lipinski definition) is 2. The lowest BCUT2D eigenvalue weighted by molar-refractivity contribution is 0.113. The van der Waals surface area contributed by atoms with E-state index in [1.165, 1.54) is 0 Å². The Morgan fingerprint density at radius 3 is 2.20 bits per heavy atom. The SMILES string of the molecule is COCC(NCC(O)CC(C)C)C(C)C. The number of aliphatic hydroxyl groups is 1. The van der Waals surface area contributed by atoms with E-state index in [0.717, 1.165) is 6.42 Å². The molecule has 0 radical (unpaired) electrons. The van der Waals surface area contributed by atoms with Crippen LogP contribution >= 0.6 is 0 Å². The number of methoxy groups -OCH3 is 1. The molecule has 2 unspecified atom stereocenters. The van der Waals surface area contributed by atoms with E-state index in [-0.39, 0.29) is 6.10 Å². The van der Waals surface area contributed by atoms with Gasteiger partial charge in [-0.2, -0.15) is 0 Å². The summed E-state index contributed by atoms with van der Waals surface area (Å²) in [5.41, 5.74) is 0. The van der Waals surface area contributed by atoms with Crippen molar-refractivity contribution in [3.05, 3.63) is 0 Å². The van der Waals surface area contributed by atoms with Gasteiger partial charge in [0, 0.05) is 19.7 Å². The summed E-state index contributed by atoms with van der Waals surface area (Å²) in [6, 6.07) is 0.330. The van der Waals surface area contributed by atoms with E-state index in [4.69, 9.17) is 4.74 Å². The largest absolute Gasteiger partial charge is 0.392 e. The molecular weight excluding hydrogens is 190 g/mol. The van der Waals surface area contributed by atoms with E-state index in [1.807, 2.05) is 0 Å². The molecule has 0 aliphatic rings. The lowest BCUT2D eigenvalue weighted by Crippen LogP contribution is -2.42. The van der Waals surface area contributed by atoms with E-state index in [2.05, 4.69) is 33.0 Å². The second-order valence-electron chi connectivity index (χ2n) is 5.00. The monoisotopic (exact) mass is 217 g/mol. The van der Waals surface area contributed by atoms with Gasteiger partial charge < -0.3 is 15.2 Å². The molecule has 0 aromatic heterocycles. The van der Waals surface area contributed by atoms with Crippen molar-refractivity contribution in [3.63, 3.8) is 0 Å². The van der Waals surface area contributed by atoms with Gasteiger partial charge in [0.15, 0.2) is 0 Å². The van der Waals surface area contributed by atoms with Gasteiger partial charge >= 0.3 is 0 Å². The first-order valence-electron chi connectivity index (χ1n) is 5.87. The summed E-state index contributed by atoms with van der Waals surface area (Å²) in [7, 11) is 1.71. The maximum atomic E-state index is 9.72. The first-order valence-corrected chi connectivity index (χ1v) is 5.87. The van der Waals surface area contributed by atoms with Crippen LogP contribution in [0.2, 0.25) is 0 Å². The van der Waals surface area contributed by atoms with Crippen molar-refractivity contribution in [1.29, 1.82) is 0 Å². The summed E-state index contributed by atoms with van der Waals surface area (Å²) >= 11 is 0. The quantitative estimate of drug-likeness (QED) is 0.649. The average molecular weight is 217 g/mol. The molecule has 2 N–H and O–H groups in total. The van der Waals surface area contributed by atoms with Crippen LogP contribution in [-0.2, 0) is 4.74 Å². The molecule has 0 saturated carbocycles. The fraction of sp³-hybridized carbons (Fsp3) is 1.00. The van der Waals surface area contributed by atoms with Gasteiger partial charge in [-0.1, -0.05) is 27.7 Å². The Morgan fingerprint density at radius 1 is 1.20 bits per heavy atom. The first-order chi connectivity index (χ1) is 6.97. The molecule has 0 fully saturated rings. The van der Waals surface area contributed by atoms with E-state index >= 15 is 0 Å². The van der Waals surface area contributed by atoms with Crippen molar-refractivity contribution in [1.82, 2.24) is 5.32 Å². The molecular formula is C12H27NO2. The highest BCUT2D eigenvalue weighted by molar-refractivity contribution is 4.72. The fourth-order valence-corrected chi connectivity index (χ4v) is 1.58. The number of aliphatic hydroxyl groups excluding tert-OH is 1. The smallest absolute Gasteiger partial charge is 0.0667 e. The Bertz CT molecular complexity index is 149. The third-order valence-electron chi connectivity index (χ3n) is 2.51. The maximum Gasteiger partial charge on any atom is 0.0667 e. The Kier molecular flexibility index (Phi) is 8.02. The van der Waals surface area contributed by atoms with Crippen molar-refractivity contribution in [2.45, 2.75) is 46.3 Å². The first kappa shape index (κ1) is 14.9. The van der Waals surface area contributed by atoms with Crippen LogP contribution in [-0.4, -0.2) is 37.5 Å². The molecule has 0 bridgehead atoms. The van der Waals surface area contributed by atoms with Gasteiger partial charge in [-0.15, -0.1) is 0 Å². The Balaban J connectivity index is 3.77. The fourth-order valence-electron chi connectivity index (χ4n) is 1.58. The summed E-state index contributed by atoms with van der Waals surface area (Å²) in [5, 5.41) is 13.1. The molecule has 15 heavy (non-hydrogen) atoms. The Morgan fingerprint density at radius 2 is 1.80 bits per heavy atom. The van der Waals surface area contributed by atoms with Crippen LogP contribution in [0, 0.1) is 11.8 Å². The number of rotatable bonds is 8. The highest BCUT2D eigenvalue weighted by atomic mass is 16.5. The van der Waals surface area contributed by atoms with Crippen LogP contribution < -0.4 is 5.32 Å². The third kappa shape index (κ3) is 7.77. The predicted molar refractivity (Wildman–Crippen MR) is 64.0 cm³/mol. The molecule has 0 aliphatic carbocycles. The van der Waals surface area contributed by atoms with Gasteiger partial charge in [0.2, 0.25) is 0 Å². The summed E-state index contributed by atoms with van der Waals surface area (Å²) in [5.74, 6) is 1.07. The molecule has 0 amide bonds. The van der Waals surface area contributed by atoms with Gasteiger partial charge in [0.25, 0.3) is 0 Å². The van der Waals surface area contributed by atoms with Gasteiger partial charge in [0.05, 0.1) is 12.7 Å². The van der Waals surface area contributed by atoms with Crippen molar-refractivity contribution in [3.8, 4) is 0 Å². The number of hydrogen-bond acceptors (Lipinski definition) is 3. The molecule has 3 nitrogen and oxygen atoms in total. The third-order valence-corrected chi connectivity index (χ3v) is 2.51. The lowest BCUT2D eigenvalue weighted by atomic mass is 10.0. The summed E-state index contributed by atoms with van der Waals surface area (Å²) < 4.78 is 5.13. The van der Waals surface area contributed by atoms with Crippen LogP contribution in [0.3, 0.4) is 0 Å². The zero-order valence-corrected chi connectivity index (χ0v) is 10.8. The van der Waals surface area contributed by atoms with Crippen molar-refractivity contribution in [2.75, 3.05) is 20.3 Å². The summed E-state index contributed by atoms with van der Waals surface area (Å²) in [4.78, 5) is 0. The molecule has 0 spiro atoms. The molecule has 0 saturated heterocycles. The molecule has 2 atom stereocenters. The van der Waals surface area contributed by atoms with Gasteiger partial charge in [-0.05, 0) is 18.3 Å². The van der Waals surface area contributed by atoms with Crippen LogP contribution in [0.5, 0.6) is 0 Å². The molecule has 92 valence electrons. The molecule has 0 heterocycles. The lowest BCUT2D eigenvalue weighted by Gasteiger charge is -2.23. The zero-order chi connectivity index (χ0) is 11.8. The van der Waals surface area contributed by atoms with Crippen molar-refractivity contribution < 1.29 is 9.84 Å². The Hall–Kier alpha value is -0.120. The highest BCUT2D eigenvalue weighted by Crippen LogP contribution is 2.06. The minimum Gasteiger partial charge on any atom is -0.392 e. The minimum absolute atomic E-state index is 0.247. The Labute approximate surface area is 94.2 Å². The van der Waals surface area contributed by atoms with Crippen LogP contribution in [0.4, 0.5) is 0 Å². The topological polar surface area (TPSA) is 41.5 Å². The minimum atomic E-state index is -0.247. The van der Waals surface area contributed by atoms with E-state index in [0.29, 0.717) is 31.0 Å². The van der Waals surface area contributed by atoms with Gasteiger partial charge in [0.1, 0.15) is 0 Å². The van der Waals surface area contributed by atoms with Crippen molar-refractivity contribution in [2.24, 2.45) is 11.8 Å². The zero-order valence-electron chi connectivity index (χ0n) is 10.8. The maximum absolute atomic E-state index is 9.72. The van der Waals surface area contributed by atoms with E-state index in [1.54, 1.807) is 7.11 Å². The van der Waals surface area contributed by atoms with Gasteiger partial charge in [-0.3, -0.25) is 0 Å². The second kappa shape index (κ2) is 8.08. The standard InChI is InChI=1S/C12H27NO2/c1-9(2)6-11(14)7-13-12(8-15-5)10(3)4/h9-14H,6-8H2,1-5H3. The highest BCUT2D eigenvalue weighted by Gasteiger charge is 2.14. The molecule has 0 aliphatic heterocycles. The van der Waals surface area contributed by atoms with E-state index in [9.17, 15) is 5.11 Å².